The molecule has 1 saturated heterocycles. The fourth-order valence-electron chi connectivity index (χ4n) is 2.41. The standard InChI is InChI=1S/C16H12Cl2F2N2OS/c17-9-1-3-11(12(18)7-9)15-22(5-6-24-15)16(23)21-10-2-4-13(19)14(20)8-10/h1-4,7-8,15H,5-6H2,(H,21,23)/t15-/m0/s1. The van der Waals surface area contributed by atoms with Gasteiger partial charge in [-0.1, -0.05) is 29.3 Å². The quantitative estimate of drug-likeness (QED) is 0.730. The number of halogens is 4. The lowest BCUT2D eigenvalue weighted by molar-refractivity contribution is 0.214. The third-order valence-corrected chi connectivity index (χ3v) is 5.36. The fraction of sp³-hybridized carbons (Fsp3) is 0.188. The molecule has 2 amide bonds. The number of hydrogen-bond acceptors (Lipinski definition) is 2. The second-order valence-corrected chi connectivity index (χ2v) is 7.17. The zero-order chi connectivity index (χ0) is 17.3. The number of hydrogen-bond donors (Lipinski definition) is 1. The molecule has 3 rings (SSSR count). The fourth-order valence-corrected chi connectivity index (χ4v) is 4.27. The van der Waals surface area contributed by atoms with Crippen LogP contribution in [0, 0.1) is 11.6 Å². The van der Waals surface area contributed by atoms with Crippen LogP contribution in [0.1, 0.15) is 10.9 Å². The smallest absolute Gasteiger partial charge is 0.308 e. The molecule has 1 atom stereocenters. The van der Waals surface area contributed by atoms with Gasteiger partial charge < -0.3 is 10.2 Å². The van der Waals surface area contributed by atoms with Gasteiger partial charge in [-0.15, -0.1) is 11.8 Å². The van der Waals surface area contributed by atoms with Crippen LogP contribution in [-0.2, 0) is 0 Å². The third-order valence-electron chi connectivity index (χ3n) is 3.55. The number of thioether (sulfide) groups is 1. The van der Waals surface area contributed by atoms with Crippen LogP contribution in [0.2, 0.25) is 10.0 Å². The van der Waals surface area contributed by atoms with Crippen molar-refractivity contribution < 1.29 is 13.6 Å². The zero-order valence-corrected chi connectivity index (χ0v) is 14.6. The average molecular weight is 389 g/mol. The first-order valence-electron chi connectivity index (χ1n) is 7.05. The highest BCUT2D eigenvalue weighted by atomic mass is 35.5. The van der Waals surface area contributed by atoms with Crippen molar-refractivity contribution in [2.75, 3.05) is 17.6 Å². The number of urea groups is 1. The highest BCUT2D eigenvalue weighted by Gasteiger charge is 2.32. The van der Waals surface area contributed by atoms with E-state index < -0.39 is 17.7 Å². The molecule has 2 aromatic rings. The maximum absolute atomic E-state index is 13.3. The topological polar surface area (TPSA) is 32.3 Å². The van der Waals surface area contributed by atoms with E-state index in [2.05, 4.69) is 5.32 Å². The summed E-state index contributed by atoms with van der Waals surface area (Å²) in [6, 6.07) is 7.95. The van der Waals surface area contributed by atoms with Gasteiger partial charge in [0.05, 0.1) is 0 Å². The van der Waals surface area contributed by atoms with Crippen LogP contribution < -0.4 is 5.32 Å². The summed E-state index contributed by atoms with van der Waals surface area (Å²) in [4.78, 5) is 14.1. The number of rotatable bonds is 2. The van der Waals surface area contributed by atoms with Crippen LogP contribution in [0.5, 0.6) is 0 Å². The highest BCUT2D eigenvalue weighted by molar-refractivity contribution is 7.99. The molecule has 1 N–H and O–H groups in total. The molecule has 1 aliphatic heterocycles. The molecule has 1 aliphatic rings. The normalized spacial score (nSPS) is 17.2. The minimum atomic E-state index is -1.01. The van der Waals surface area contributed by atoms with Crippen LogP contribution in [0.15, 0.2) is 36.4 Å². The number of anilines is 1. The Balaban J connectivity index is 1.79. The predicted molar refractivity (Wildman–Crippen MR) is 93.7 cm³/mol. The van der Waals surface area contributed by atoms with E-state index in [1.807, 2.05) is 0 Å². The molecular formula is C16H12Cl2F2N2OS. The lowest BCUT2D eigenvalue weighted by Crippen LogP contribution is -2.34. The number of nitrogens with one attached hydrogen (secondary N) is 1. The van der Waals surface area contributed by atoms with Gasteiger partial charge in [-0.3, -0.25) is 0 Å². The molecule has 0 radical (unpaired) electrons. The molecule has 0 bridgehead atoms. The number of nitrogens with zero attached hydrogens (tertiary/aromatic N) is 1. The summed E-state index contributed by atoms with van der Waals surface area (Å²) in [6.45, 7) is 0.518. The molecule has 0 saturated carbocycles. The third kappa shape index (κ3) is 3.61. The Kier molecular flexibility index (Phi) is 5.18. The summed E-state index contributed by atoms with van der Waals surface area (Å²) in [5.41, 5.74) is 0.973. The number of carbonyl (C=O) groups excluding carboxylic acids is 1. The van der Waals surface area contributed by atoms with Crippen molar-refractivity contribution in [1.82, 2.24) is 4.90 Å². The second-order valence-electron chi connectivity index (χ2n) is 5.14. The SMILES string of the molecule is O=C(Nc1ccc(F)c(F)c1)N1CCS[C@H]1c1ccc(Cl)cc1Cl. The summed E-state index contributed by atoms with van der Waals surface area (Å²) in [7, 11) is 0. The van der Waals surface area contributed by atoms with Crippen LogP contribution in [0.4, 0.5) is 19.3 Å². The van der Waals surface area contributed by atoms with Crippen molar-refractivity contribution >= 4 is 46.7 Å². The molecule has 0 spiro atoms. The Hall–Kier alpha value is -1.50. The van der Waals surface area contributed by atoms with E-state index in [9.17, 15) is 13.6 Å². The van der Waals surface area contributed by atoms with Gasteiger partial charge in [0.25, 0.3) is 0 Å². The molecule has 126 valence electrons. The van der Waals surface area contributed by atoms with Crippen molar-refractivity contribution in [3.63, 3.8) is 0 Å². The van der Waals surface area contributed by atoms with Gasteiger partial charge in [0.15, 0.2) is 11.6 Å². The lowest BCUT2D eigenvalue weighted by Gasteiger charge is -2.25. The number of carbonyl (C=O) groups is 1. The maximum atomic E-state index is 13.3. The molecule has 0 aliphatic carbocycles. The van der Waals surface area contributed by atoms with Gasteiger partial charge in [0.1, 0.15) is 5.37 Å². The number of benzene rings is 2. The first-order chi connectivity index (χ1) is 11.5. The van der Waals surface area contributed by atoms with E-state index >= 15 is 0 Å². The molecule has 0 aromatic heterocycles. The zero-order valence-electron chi connectivity index (χ0n) is 12.2. The Bertz CT molecular complexity index is 791. The van der Waals surface area contributed by atoms with Gasteiger partial charge in [-0.25, -0.2) is 13.6 Å². The maximum Gasteiger partial charge on any atom is 0.323 e. The van der Waals surface area contributed by atoms with Crippen molar-refractivity contribution in [3.8, 4) is 0 Å². The van der Waals surface area contributed by atoms with Crippen molar-refractivity contribution in [1.29, 1.82) is 0 Å². The first kappa shape index (κ1) is 17.3. The van der Waals surface area contributed by atoms with E-state index in [4.69, 9.17) is 23.2 Å². The van der Waals surface area contributed by atoms with Crippen LogP contribution >= 0.6 is 35.0 Å². The molecule has 24 heavy (non-hydrogen) atoms. The van der Waals surface area contributed by atoms with Gasteiger partial charge in [0, 0.05) is 39.7 Å². The summed E-state index contributed by atoms with van der Waals surface area (Å²) in [5.74, 6) is -1.23. The van der Waals surface area contributed by atoms with Crippen molar-refractivity contribution in [3.05, 3.63) is 63.6 Å². The minimum Gasteiger partial charge on any atom is -0.308 e. The Morgan fingerprint density at radius 2 is 1.96 bits per heavy atom. The van der Waals surface area contributed by atoms with E-state index in [1.54, 1.807) is 34.9 Å². The minimum absolute atomic E-state index is 0.191. The van der Waals surface area contributed by atoms with Crippen molar-refractivity contribution in [2.24, 2.45) is 0 Å². The van der Waals surface area contributed by atoms with E-state index in [1.165, 1.54) is 6.07 Å². The first-order valence-corrected chi connectivity index (χ1v) is 8.85. The van der Waals surface area contributed by atoms with Crippen molar-refractivity contribution in [2.45, 2.75) is 5.37 Å². The summed E-state index contributed by atoms with van der Waals surface area (Å²) >= 11 is 13.7. The average Bonchev–Trinajstić information content (AvgIpc) is 3.00. The van der Waals surface area contributed by atoms with Crippen LogP contribution in [0.25, 0.3) is 0 Å². The van der Waals surface area contributed by atoms with E-state index in [0.717, 1.165) is 23.4 Å². The van der Waals surface area contributed by atoms with Gasteiger partial charge >= 0.3 is 6.03 Å². The lowest BCUT2D eigenvalue weighted by atomic mass is 10.2. The summed E-state index contributed by atoms with van der Waals surface area (Å²) in [6.07, 6.45) is 0. The summed E-state index contributed by atoms with van der Waals surface area (Å²) in [5, 5.41) is 3.31. The van der Waals surface area contributed by atoms with E-state index in [0.29, 0.717) is 16.6 Å². The molecular weight excluding hydrogens is 377 g/mol. The molecule has 1 heterocycles. The van der Waals surface area contributed by atoms with Crippen LogP contribution in [0.3, 0.4) is 0 Å². The summed E-state index contributed by atoms with van der Waals surface area (Å²) < 4.78 is 26.2. The second kappa shape index (κ2) is 7.17. The molecule has 2 aromatic carbocycles. The largest absolute Gasteiger partial charge is 0.323 e. The number of amides is 2. The van der Waals surface area contributed by atoms with E-state index in [-0.39, 0.29) is 11.1 Å². The van der Waals surface area contributed by atoms with Gasteiger partial charge in [-0.05, 0) is 24.3 Å². The highest BCUT2D eigenvalue weighted by Crippen LogP contribution is 2.41. The molecule has 8 heteroatoms. The van der Waals surface area contributed by atoms with Gasteiger partial charge in [0.2, 0.25) is 0 Å². The van der Waals surface area contributed by atoms with Gasteiger partial charge in [-0.2, -0.15) is 0 Å². The monoisotopic (exact) mass is 388 g/mol. The Morgan fingerprint density at radius 1 is 1.17 bits per heavy atom. The Morgan fingerprint density at radius 3 is 2.67 bits per heavy atom. The van der Waals surface area contributed by atoms with Crippen LogP contribution in [-0.4, -0.2) is 23.2 Å². The molecule has 3 nitrogen and oxygen atoms in total. The predicted octanol–water partition coefficient (Wildman–Crippen LogP) is 5.55. The molecule has 1 fully saturated rings. The Labute approximate surface area is 151 Å². The molecule has 0 unspecified atom stereocenters.